The molecule has 0 amide bonds. The van der Waals surface area contributed by atoms with Crippen LogP contribution in [0.4, 0.5) is 5.82 Å². The third-order valence-corrected chi connectivity index (χ3v) is 5.06. The molecule has 5 nitrogen and oxygen atoms in total. The molecular weight excluding hydrogens is 268 g/mol. The van der Waals surface area contributed by atoms with Gasteiger partial charge in [-0.1, -0.05) is 13.8 Å². The molecule has 0 aliphatic heterocycles. The van der Waals surface area contributed by atoms with Crippen LogP contribution in [0.5, 0.6) is 0 Å². The van der Waals surface area contributed by atoms with Gasteiger partial charge in [0.05, 0.1) is 6.10 Å². The molecule has 1 fully saturated rings. The Morgan fingerprint density at radius 3 is 2.71 bits per heavy atom. The number of anilines is 1. The summed E-state index contributed by atoms with van der Waals surface area (Å²) in [6.45, 7) is 3.97. The fraction of sp³-hybridized carbons (Fsp3) is 0.625. The van der Waals surface area contributed by atoms with Crippen molar-refractivity contribution in [3.05, 3.63) is 22.9 Å². The first kappa shape index (κ1) is 14.3. The number of fused-ring (bicyclic) bond motifs is 1. The maximum Gasteiger partial charge on any atom is 0.339 e. The maximum atomic E-state index is 11.5. The Morgan fingerprint density at radius 1 is 1.38 bits per heavy atom. The lowest BCUT2D eigenvalue weighted by Crippen LogP contribution is -2.57. The fourth-order valence-corrected chi connectivity index (χ4v) is 3.22. The first-order valence-corrected chi connectivity index (χ1v) is 7.60. The van der Waals surface area contributed by atoms with E-state index in [-0.39, 0.29) is 23.1 Å². The summed E-state index contributed by atoms with van der Waals surface area (Å²) in [5, 5.41) is 22.5. The van der Waals surface area contributed by atoms with Gasteiger partial charge in [-0.05, 0) is 43.7 Å². The second kappa shape index (κ2) is 4.98. The average molecular weight is 290 g/mol. The second-order valence-electron chi connectivity index (χ2n) is 6.77. The summed E-state index contributed by atoms with van der Waals surface area (Å²) >= 11 is 0. The molecule has 114 valence electrons. The van der Waals surface area contributed by atoms with E-state index in [1.807, 2.05) is 13.8 Å². The minimum absolute atomic E-state index is 0.0553. The highest BCUT2D eigenvalue weighted by atomic mass is 16.4. The van der Waals surface area contributed by atoms with Gasteiger partial charge < -0.3 is 15.5 Å². The molecule has 1 aromatic heterocycles. The standard InChI is InChI=1S/C16H22N2O3/c1-16(2)12(8-13(16)19)18-14-10(15(20)21)7-9-5-3-4-6-11(9)17-14/h7,12-13,19H,3-6,8H2,1-2H3,(H,17,18)(H,20,21). The molecule has 3 rings (SSSR count). The zero-order chi connectivity index (χ0) is 15.2. The summed E-state index contributed by atoms with van der Waals surface area (Å²) in [7, 11) is 0. The Morgan fingerprint density at radius 2 is 2.10 bits per heavy atom. The molecule has 1 aromatic rings. The minimum atomic E-state index is -0.948. The van der Waals surface area contributed by atoms with Gasteiger partial charge in [0, 0.05) is 17.2 Å². The Bertz CT molecular complexity index is 583. The Balaban J connectivity index is 1.92. The Labute approximate surface area is 124 Å². The molecule has 1 saturated carbocycles. The van der Waals surface area contributed by atoms with E-state index in [1.54, 1.807) is 6.07 Å². The van der Waals surface area contributed by atoms with Crippen molar-refractivity contribution in [1.29, 1.82) is 0 Å². The van der Waals surface area contributed by atoms with Crippen LogP contribution in [-0.2, 0) is 12.8 Å². The van der Waals surface area contributed by atoms with Gasteiger partial charge in [-0.3, -0.25) is 0 Å². The topological polar surface area (TPSA) is 82.5 Å². The first-order valence-electron chi connectivity index (χ1n) is 7.60. The second-order valence-corrected chi connectivity index (χ2v) is 6.77. The number of aryl methyl sites for hydroxylation is 2. The monoisotopic (exact) mass is 290 g/mol. The van der Waals surface area contributed by atoms with Crippen LogP contribution in [0.25, 0.3) is 0 Å². The third kappa shape index (κ3) is 2.39. The van der Waals surface area contributed by atoms with Crippen LogP contribution in [0.3, 0.4) is 0 Å². The van der Waals surface area contributed by atoms with Crippen molar-refractivity contribution in [2.75, 3.05) is 5.32 Å². The smallest absolute Gasteiger partial charge is 0.339 e. The predicted octanol–water partition coefficient (Wildman–Crippen LogP) is 2.23. The number of nitrogens with zero attached hydrogens (tertiary/aromatic N) is 1. The van der Waals surface area contributed by atoms with Gasteiger partial charge >= 0.3 is 5.97 Å². The van der Waals surface area contributed by atoms with Crippen LogP contribution in [0.1, 0.15) is 54.7 Å². The maximum absolute atomic E-state index is 11.5. The van der Waals surface area contributed by atoms with Crippen molar-refractivity contribution in [3.8, 4) is 0 Å². The van der Waals surface area contributed by atoms with E-state index in [1.165, 1.54) is 0 Å². The number of aliphatic hydroxyl groups excluding tert-OH is 1. The van der Waals surface area contributed by atoms with Crippen molar-refractivity contribution >= 4 is 11.8 Å². The molecule has 3 N–H and O–H groups in total. The lowest BCUT2D eigenvalue weighted by molar-refractivity contribution is -0.0511. The molecular formula is C16H22N2O3. The van der Waals surface area contributed by atoms with E-state index in [9.17, 15) is 15.0 Å². The molecule has 2 aliphatic carbocycles. The molecule has 0 bridgehead atoms. The molecule has 2 atom stereocenters. The summed E-state index contributed by atoms with van der Waals surface area (Å²) in [6, 6.07) is 1.83. The highest BCUT2D eigenvalue weighted by Crippen LogP contribution is 2.42. The number of aromatic nitrogens is 1. The van der Waals surface area contributed by atoms with E-state index >= 15 is 0 Å². The van der Waals surface area contributed by atoms with Crippen molar-refractivity contribution in [3.63, 3.8) is 0 Å². The average Bonchev–Trinajstić information content (AvgIpc) is 2.46. The quantitative estimate of drug-likeness (QED) is 0.795. The number of aliphatic hydroxyl groups is 1. The Hall–Kier alpha value is -1.62. The number of rotatable bonds is 3. The molecule has 0 saturated heterocycles. The predicted molar refractivity (Wildman–Crippen MR) is 79.7 cm³/mol. The molecule has 21 heavy (non-hydrogen) atoms. The van der Waals surface area contributed by atoms with Crippen LogP contribution < -0.4 is 5.32 Å². The molecule has 0 spiro atoms. The summed E-state index contributed by atoms with van der Waals surface area (Å²) in [5.41, 5.74) is 2.07. The zero-order valence-corrected chi connectivity index (χ0v) is 12.5. The van der Waals surface area contributed by atoms with Gasteiger partial charge in [0.1, 0.15) is 11.4 Å². The molecule has 2 unspecified atom stereocenters. The summed E-state index contributed by atoms with van der Waals surface area (Å²) in [4.78, 5) is 16.1. The molecule has 5 heteroatoms. The normalized spacial score (nSPS) is 26.6. The van der Waals surface area contributed by atoms with Crippen molar-refractivity contribution in [2.24, 2.45) is 5.41 Å². The number of pyridine rings is 1. The highest BCUT2D eigenvalue weighted by molar-refractivity contribution is 5.93. The molecule has 2 aliphatic rings. The number of hydrogen-bond donors (Lipinski definition) is 3. The summed E-state index contributed by atoms with van der Waals surface area (Å²) in [6.07, 6.45) is 4.32. The lowest BCUT2D eigenvalue weighted by Gasteiger charge is -2.49. The number of carboxylic acid groups (broad SMARTS) is 1. The summed E-state index contributed by atoms with van der Waals surface area (Å²) < 4.78 is 0. The number of aromatic carboxylic acids is 1. The van der Waals surface area contributed by atoms with E-state index < -0.39 is 5.97 Å². The van der Waals surface area contributed by atoms with Crippen molar-refractivity contribution < 1.29 is 15.0 Å². The lowest BCUT2D eigenvalue weighted by atomic mass is 9.64. The molecule has 0 radical (unpaired) electrons. The largest absolute Gasteiger partial charge is 0.478 e. The summed E-state index contributed by atoms with van der Waals surface area (Å²) in [5.74, 6) is -0.496. The first-order chi connectivity index (χ1) is 9.89. The van der Waals surface area contributed by atoms with Crippen LogP contribution >= 0.6 is 0 Å². The SMILES string of the molecule is CC1(C)C(O)CC1Nc1nc2c(cc1C(=O)O)CCCC2. The number of carboxylic acids is 1. The van der Waals surface area contributed by atoms with Gasteiger partial charge in [0.25, 0.3) is 0 Å². The fourth-order valence-electron chi connectivity index (χ4n) is 3.22. The number of carbonyl (C=O) groups is 1. The van der Waals surface area contributed by atoms with E-state index in [2.05, 4.69) is 10.3 Å². The third-order valence-electron chi connectivity index (χ3n) is 5.06. The van der Waals surface area contributed by atoms with Crippen molar-refractivity contribution in [2.45, 2.75) is 58.1 Å². The Kier molecular flexibility index (Phi) is 3.40. The van der Waals surface area contributed by atoms with Gasteiger partial charge in [-0.25, -0.2) is 9.78 Å². The van der Waals surface area contributed by atoms with E-state index in [0.717, 1.165) is 36.9 Å². The number of nitrogens with one attached hydrogen (secondary N) is 1. The van der Waals surface area contributed by atoms with E-state index in [0.29, 0.717) is 12.2 Å². The van der Waals surface area contributed by atoms with Crippen molar-refractivity contribution in [1.82, 2.24) is 4.98 Å². The van der Waals surface area contributed by atoms with Crippen LogP contribution in [0.2, 0.25) is 0 Å². The number of hydrogen-bond acceptors (Lipinski definition) is 4. The highest BCUT2D eigenvalue weighted by Gasteiger charge is 2.47. The minimum Gasteiger partial charge on any atom is -0.478 e. The van der Waals surface area contributed by atoms with Gasteiger partial charge in [-0.2, -0.15) is 0 Å². The van der Waals surface area contributed by atoms with Gasteiger partial charge in [-0.15, -0.1) is 0 Å². The van der Waals surface area contributed by atoms with E-state index in [4.69, 9.17) is 0 Å². The molecule has 0 aromatic carbocycles. The molecule has 1 heterocycles. The van der Waals surface area contributed by atoms with Crippen LogP contribution in [0.15, 0.2) is 6.07 Å². The van der Waals surface area contributed by atoms with Crippen LogP contribution in [-0.4, -0.2) is 33.3 Å². The van der Waals surface area contributed by atoms with Gasteiger partial charge in [0.2, 0.25) is 0 Å². The van der Waals surface area contributed by atoms with Gasteiger partial charge in [0.15, 0.2) is 0 Å². The van der Waals surface area contributed by atoms with Crippen LogP contribution in [0, 0.1) is 5.41 Å². The zero-order valence-electron chi connectivity index (χ0n) is 12.5.